The summed E-state index contributed by atoms with van der Waals surface area (Å²) in [5, 5.41) is 15.3. The first kappa shape index (κ1) is 20.3. The van der Waals surface area contributed by atoms with Gasteiger partial charge >= 0.3 is 0 Å². The summed E-state index contributed by atoms with van der Waals surface area (Å²) in [4.78, 5) is 10.3. The smallest absolute Gasteiger partial charge is 0.270 e. The fourth-order valence-corrected chi connectivity index (χ4v) is 3.98. The molecule has 26 heavy (non-hydrogen) atoms. The number of hydrogen-bond donors (Lipinski definition) is 1. The van der Waals surface area contributed by atoms with Crippen molar-refractivity contribution >= 4 is 27.1 Å². The number of nitro benzene ring substituents is 1. The highest BCUT2D eigenvalue weighted by Gasteiger charge is 2.30. The Morgan fingerprint density at radius 1 is 1.42 bits per heavy atom. The molecule has 1 aromatic carbocycles. The Kier molecular flexibility index (Phi) is 6.68. The third kappa shape index (κ3) is 4.57. The molecule has 1 aromatic rings. The highest BCUT2D eigenvalue weighted by atomic mass is 32.2. The molecular weight excluding hydrogens is 360 g/mol. The summed E-state index contributed by atoms with van der Waals surface area (Å²) in [7, 11) is -3.91. The number of benzene rings is 1. The van der Waals surface area contributed by atoms with E-state index < -0.39 is 14.9 Å². The molecular formula is C16H24N4O5S. The third-order valence-electron chi connectivity index (χ3n) is 4.44. The second-order valence-corrected chi connectivity index (χ2v) is 8.03. The van der Waals surface area contributed by atoms with Gasteiger partial charge in [-0.2, -0.15) is 9.41 Å². The molecule has 10 heteroatoms. The van der Waals surface area contributed by atoms with E-state index >= 15 is 0 Å². The Morgan fingerprint density at radius 2 is 2.08 bits per heavy atom. The van der Waals surface area contributed by atoms with Gasteiger partial charge in [-0.25, -0.2) is 8.42 Å². The first-order chi connectivity index (χ1) is 12.3. The van der Waals surface area contributed by atoms with E-state index in [1.165, 1.54) is 16.4 Å². The standard InChI is InChI=1S/C16H24N4O5S/c1-4-12(2)13(3)17-18-15-6-5-14(20(21)22)11-16(15)26(23,24)19-7-9-25-10-8-19/h5-6,11-12,18H,4,7-10H2,1-3H3/b17-13-/t12-/m1/s1. The Hall–Kier alpha value is -2.04. The highest BCUT2D eigenvalue weighted by molar-refractivity contribution is 7.89. The van der Waals surface area contributed by atoms with Crippen LogP contribution in [0.25, 0.3) is 0 Å². The first-order valence-corrected chi connectivity index (χ1v) is 9.88. The minimum Gasteiger partial charge on any atom is -0.379 e. The normalized spacial score (nSPS) is 17.7. The zero-order valence-corrected chi connectivity index (χ0v) is 16.0. The van der Waals surface area contributed by atoms with Crippen LogP contribution in [0.3, 0.4) is 0 Å². The maximum Gasteiger partial charge on any atom is 0.270 e. The number of hydrogen-bond acceptors (Lipinski definition) is 7. The van der Waals surface area contributed by atoms with Gasteiger partial charge in [0.15, 0.2) is 0 Å². The average Bonchev–Trinajstić information content (AvgIpc) is 2.65. The van der Waals surface area contributed by atoms with Crippen molar-refractivity contribution < 1.29 is 18.1 Å². The van der Waals surface area contributed by atoms with Crippen molar-refractivity contribution in [1.82, 2.24) is 4.31 Å². The van der Waals surface area contributed by atoms with Gasteiger partial charge in [0.05, 0.1) is 23.8 Å². The molecule has 0 aromatic heterocycles. The lowest BCUT2D eigenvalue weighted by Gasteiger charge is -2.26. The number of nitrogens with zero attached hydrogens (tertiary/aromatic N) is 3. The lowest BCUT2D eigenvalue weighted by atomic mass is 10.1. The SMILES string of the molecule is CC[C@@H](C)/C(C)=N\Nc1ccc([N+](=O)[O-])cc1S(=O)(=O)N1CCOCC1. The zero-order valence-electron chi connectivity index (χ0n) is 15.1. The van der Waals surface area contributed by atoms with Crippen LogP contribution in [0.15, 0.2) is 28.2 Å². The van der Waals surface area contributed by atoms with Crippen LogP contribution in [0.5, 0.6) is 0 Å². The number of sulfonamides is 1. The van der Waals surface area contributed by atoms with E-state index in [9.17, 15) is 18.5 Å². The van der Waals surface area contributed by atoms with E-state index in [4.69, 9.17) is 4.74 Å². The van der Waals surface area contributed by atoms with E-state index in [2.05, 4.69) is 10.5 Å². The molecule has 1 N–H and O–H groups in total. The zero-order chi connectivity index (χ0) is 19.3. The molecule has 0 amide bonds. The molecule has 0 saturated carbocycles. The summed E-state index contributed by atoms with van der Waals surface area (Å²) in [6.45, 7) is 6.90. The largest absolute Gasteiger partial charge is 0.379 e. The molecule has 1 atom stereocenters. The number of nitrogens with one attached hydrogen (secondary N) is 1. The van der Waals surface area contributed by atoms with Gasteiger partial charge in [-0.05, 0) is 25.3 Å². The average molecular weight is 384 g/mol. The summed E-state index contributed by atoms with van der Waals surface area (Å²) in [6, 6.07) is 3.70. The van der Waals surface area contributed by atoms with E-state index in [-0.39, 0.29) is 35.3 Å². The number of anilines is 1. The lowest BCUT2D eigenvalue weighted by molar-refractivity contribution is -0.385. The number of nitro groups is 1. The maximum absolute atomic E-state index is 13.0. The molecule has 1 saturated heterocycles. The van der Waals surface area contributed by atoms with Crippen molar-refractivity contribution in [2.24, 2.45) is 11.0 Å². The van der Waals surface area contributed by atoms with Crippen LogP contribution >= 0.6 is 0 Å². The molecule has 0 bridgehead atoms. The van der Waals surface area contributed by atoms with Crippen molar-refractivity contribution in [3.05, 3.63) is 28.3 Å². The predicted molar refractivity (Wildman–Crippen MR) is 98.9 cm³/mol. The van der Waals surface area contributed by atoms with Gasteiger partial charge in [0.1, 0.15) is 4.90 Å². The van der Waals surface area contributed by atoms with Gasteiger partial charge in [-0.15, -0.1) is 0 Å². The maximum atomic E-state index is 13.0. The second kappa shape index (κ2) is 8.56. The van der Waals surface area contributed by atoms with Crippen molar-refractivity contribution in [3.63, 3.8) is 0 Å². The first-order valence-electron chi connectivity index (χ1n) is 8.44. The minimum absolute atomic E-state index is 0.158. The van der Waals surface area contributed by atoms with Gasteiger partial charge in [-0.1, -0.05) is 13.8 Å². The molecule has 1 aliphatic rings. The highest BCUT2D eigenvalue weighted by Crippen LogP contribution is 2.29. The number of hydrazone groups is 1. The monoisotopic (exact) mass is 384 g/mol. The number of morpholine rings is 1. The molecule has 9 nitrogen and oxygen atoms in total. The Bertz CT molecular complexity index is 788. The van der Waals surface area contributed by atoms with Crippen molar-refractivity contribution in [2.45, 2.75) is 32.1 Å². The van der Waals surface area contributed by atoms with Gasteiger partial charge < -0.3 is 4.74 Å². The van der Waals surface area contributed by atoms with Crippen LogP contribution in [-0.4, -0.2) is 49.7 Å². The second-order valence-electron chi connectivity index (χ2n) is 6.13. The summed E-state index contributed by atoms with van der Waals surface area (Å²) < 4.78 is 32.4. The van der Waals surface area contributed by atoms with Gasteiger partial charge in [0, 0.05) is 30.9 Å². The quantitative estimate of drug-likeness (QED) is 0.439. The molecule has 144 valence electrons. The van der Waals surface area contributed by atoms with Crippen molar-refractivity contribution in [3.8, 4) is 0 Å². The lowest BCUT2D eigenvalue weighted by Crippen LogP contribution is -2.40. The topological polar surface area (TPSA) is 114 Å². The van der Waals surface area contributed by atoms with Gasteiger partial charge in [-0.3, -0.25) is 15.5 Å². The molecule has 1 aliphatic heterocycles. The molecule has 2 rings (SSSR count). The van der Waals surface area contributed by atoms with E-state index in [0.717, 1.165) is 18.2 Å². The van der Waals surface area contributed by atoms with Crippen molar-refractivity contribution in [2.75, 3.05) is 31.7 Å². The predicted octanol–water partition coefficient (Wildman–Crippen LogP) is 2.45. The van der Waals surface area contributed by atoms with Crippen LogP contribution in [0.4, 0.5) is 11.4 Å². The van der Waals surface area contributed by atoms with Crippen LogP contribution in [0, 0.1) is 16.0 Å². The van der Waals surface area contributed by atoms with Crippen LogP contribution in [-0.2, 0) is 14.8 Å². The molecule has 0 unspecified atom stereocenters. The van der Waals surface area contributed by atoms with Crippen molar-refractivity contribution in [1.29, 1.82) is 0 Å². The summed E-state index contributed by atoms with van der Waals surface area (Å²) in [6.07, 6.45) is 0.899. The van der Waals surface area contributed by atoms with Crippen LogP contribution in [0.2, 0.25) is 0 Å². The fraction of sp³-hybridized carbons (Fsp3) is 0.562. The van der Waals surface area contributed by atoms with Crippen LogP contribution in [0.1, 0.15) is 27.2 Å². The molecule has 0 radical (unpaired) electrons. The molecule has 0 aliphatic carbocycles. The third-order valence-corrected chi connectivity index (χ3v) is 6.38. The molecule has 1 heterocycles. The van der Waals surface area contributed by atoms with E-state index in [1.807, 2.05) is 20.8 Å². The van der Waals surface area contributed by atoms with E-state index in [0.29, 0.717) is 13.2 Å². The number of non-ortho nitro benzene ring substituents is 1. The van der Waals surface area contributed by atoms with Crippen LogP contribution < -0.4 is 5.43 Å². The van der Waals surface area contributed by atoms with Gasteiger partial charge in [0.2, 0.25) is 10.0 Å². The Morgan fingerprint density at radius 3 is 2.65 bits per heavy atom. The van der Waals surface area contributed by atoms with E-state index in [1.54, 1.807) is 0 Å². The Labute approximate surface area is 153 Å². The number of ether oxygens (including phenoxy) is 1. The number of rotatable bonds is 7. The summed E-state index contributed by atoms with van der Waals surface area (Å²) in [5.41, 5.74) is 3.51. The summed E-state index contributed by atoms with van der Waals surface area (Å²) in [5.74, 6) is 0.236. The molecule has 1 fully saturated rings. The minimum atomic E-state index is -3.91. The Balaban J connectivity index is 2.43. The summed E-state index contributed by atoms with van der Waals surface area (Å²) >= 11 is 0. The van der Waals surface area contributed by atoms with Gasteiger partial charge in [0.25, 0.3) is 5.69 Å². The molecule has 0 spiro atoms. The fourth-order valence-electron chi connectivity index (χ4n) is 2.41.